The quantitative estimate of drug-likeness (QED) is 0.163. The standard InChI is InChI=1S/C40H26O/c1-2-12-25(13-3-1)39-31-19-8-9-20-32(31)40(34-22-26-14-4-5-15-27(26)28-16-6-7-17-29(28)34)35-23-33-30-18-10-11-21-37(30)41-38(33)24-36(35)39/h1-10,12-20,22-24H,11,21H2. The molecule has 0 bridgehead atoms. The number of aryl methyl sites for hydroxylation is 1. The lowest BCUT2D eigenvalue weighted by Crippen LogP contribution is -1.93. The van der Waals surface area contributed by atoms with Crippen molar-refractivity contribution in [3.8, 4) is 22.3 Å². The monoisotopic (exact) mass is 522 g/mol. The summed E-state index contributed by atoms with van der Waals surface area (Å²) in [6.07, 6.45) is 6.50. The van der Waals surface area contributed by atoms with E-state index in [0.717, 1.165) is 24.2 Å². The van der Waals surface area contributed by atoms with Gasteiger partial charge in [-0.25, -0.2) is 0 Å². The first-order chi connectivity index (χ1) is 20.3. The Balaban J connectivity index is 1.54. The van der Waals surface area contributed by atoms with Crippen molar-refractivity contribution in [3.63, 3.8) is 0 Å². The van der Waals surface area contributed by atoms with Crippen LogP contribution in [0.4, 0.5) is 0 Å². The molecule has 192 valence electrons. The Morgan fingerprint density at radius 3 is 1.98 bits per heavy atom. The molecule has 1 aliphatic carbocycles. The highest BCUT2D eigenvalue weighted by atomic mass is 16.3. The van der Waals surface area contributed by atoms with Crippen LogP contribution < -0.4 is 0 Å². The fraction of sp³-hybridized carbons (Fsp3) is 0.0500. The van der Waals surface area contributed by atoms with Crippen LogP contribution in [0.3, 0.4) is 0 Å². The largest absolute Gasteiger partial charge is 0.460 e. The summed E-state index contributed by atoms with van der Waals surface area (Å²) in [7, 11) is 0. The Morgan fingerprint density at radius 1 is 0.488 bits per heavy atom. The lowest BCUT2D eigenvalue weighted by atomic mass is 9.83. The first-order valence-corrected chi connectivity index (χ1v) is 14.4. The van der Waals surface area contributed by atoms with Gasteiger partial charge in [-0.3, -0.25) is 0 Å². The molecule has 41 heavy (non-hydrogen) atoms. The van der Waals surface area contributed by atoms with Gasteiger partial charge in [0.15, 0.2) is 0 Å². The van der Waals surface area contributed by atoms with E-state index in [0.29, 0.717) is 0 Å². The molecule has 0 spiro atoms. The summed E-state index contributed by atoms with van der Waals surface area (Å²) in [5.41, 5.74) is 7.24. The number of fused-ring (bicyclic) bond motifs is 8. The molecule has 0 saturated heterocycles. The third-order valence-corrected chi connectivity index (χ3v) is 8.87. The second kappa shape index (κ2) is 8.68. The maximum absolute atomic E-state index is 6.52. The molecule has 7 aromatic carbocycles. The van der Waals surface area contributed by atoms with Gasteiger partial charge in [-0.2, -0.15) is 0 Å². The van der Waals surface area contributed by atoms with Crippen LogP contribution in [0.25, 0.3) is 82.4 Å². The van der Waals surface area contributed by atoms with Crippen molar-refractivity contribution in [1.29, 1.82) is 0 Å². The second-order valence-corrected chi connectivity index (χ2v) is 11.1. The third kappa shape index (κ3) is 3.30. The first-order valence-electron chi connectivity index (χ1n) is 14.4. The van der Waals surface area contributed by atoms with Gasteiger partial charge in [0.05, 0.1) is 0 Å². The number of hydrogen-bond acceptors (Lipinski definition) is 1. The first kappa shape index (κ1) is 22.7. The molecule has 0 aliphatic heterocycles. The van der Waals surface area contributed by atoms with Crippen LogP contribution in [-0.2, 0) is 6.42 Å². The van der Waals surface area contributed by atoms with E-state index in [1.165, 1.54) is 76.3 Å². The van der Waals surface area contributed by atoms with Crippen LogP contribution in [-0.4, -0.2) is 0 Å². The van der Waals surface area contributed by atoms with Crippen LogP contribution in [0, 0.1) is 0 Å². The molecule has 0 amide bonds. The van der Waals surface area contributed by atoms with Gasteiger partial charge >= 0.3 is 0 Å². The third-order valence-electron chi connectivity index (χ3n) is 8.87. The molecule has 9 rings (SSSR count). The van der Waals surface area contributed by atoms with Crippen molar-refractivity contribution < 1.29 is 4.42 Å². The summed E-state index contributed by atoms with van der Waals surface area (Å²) in [6.45, 7) is 0. The highest BCUT2D eigenvalue weighted by molar-refractivity contribution is 6.27. The molecule has 1 aromatic heterocycles. The van der Waals surface area contributed by atoms with Crippen molar-refractivity contribution in [3.05, 3.63) is 139 Å². The lowest BCUT2D eigenvalue weighted by Gasteiger charge is -2.20. The maximum atomic E-state index is 6.52. The zero-order chi connectivity index (χ0) is 26.9. The highest BCUT2D eigenvalue weighted by Gasteiger charge is 2.22. The summed E-state index contributed by atoms with van der Waals surface area (Å²) >= 11 is 0. The summed E-state index contributed by atoms with van der Waals surface area (Å²) in [5, 5.41) is 11.3. The van der Waals surface area contributed by atoms with Gasteiger partial charge in [0.25, 0.3) is 0 Å². The predicted octanol–water partition coefficient (Wildman–Crippen LogP) is 11.3. The van der Waals surface area contributed by atoms with E-state index in [-0.39, 0.29) is 0 Å². The molecule has 0 atom stereocenters. The van der Waals surface area contributed by atoms with Gasteiger partial charge in [0.2, 0.25) is 0 Å². The van der Waals surface area contributed by atoms with Gasteiger partial charge in [-0.15, -0.1) is 0 Å². The van der Waals surface area contributed by atoms with Crippen molar-refractivity contribution >= 4 is 60.1 Å². The summed E-state index contributed by atoms with van der Waals surface area (Å²) in [5.74, 6) is 1.10. The van der Waals surface area contributed by atoms with E-state index in [1.54, 1.807) is 0 Å². The Bertz CT molecular complexity index is 2350. The lowest BCUT2D eigenvalue weighted by molar-refractivity contribution is 0.546. The van der Waals surface area contributed by atoms with Crippen molar-refractivity contribution in [2.24, 2.45) is 0 Å². The minimum atomic E-state index is 0.951. The maximum Gasteiger partial charge on any atom is 0.135 e. The number of benzene rings is 7. The molecule has 1 nitrogen and oxygen atoms in total. The molecule has 1 heterocycles. The van der Waals surface area contributed by atoms with Crippen LogP contribution in [0.2, 0.25) is 0 Å². The molecule has 0 N–H and O–H groups in total. The van der Waals surface area contributed by atoms with E-state index in [1.807, 2.05) is 0 Å². The summed E-state index contributed by atoms with van der Waals surface area (Å²) in [6, 6.07) is 44.5. The second-order valence-electron chi connectivity index (χ2n) is 11.1. The molecule has 1 aliphatic rings. The van der Waals surface area contributed by atoms with E-state index in [4.69, 9.17) is 4.42 Å². The molecule has 0 radical (unpaired) electrons. The van der Waals surface area contributed by atoms with Gasteiger partial charge in [-0.1, -0.05) is 115 Å². The fourth-order valence-corrected chi connectivity index (χ4v) is 7.09. The normalized spacial score (nSPS) is 13.1. The minimum Gasteiger partial charge on any atom is -0.460 e. The van der Waals surface area contributed by atoms with E-state index < -0.39 is 0 Å². The fourth-order valence-electron chi connectivity index (χ4n) is 7.09. The van der Waals surface area contributed by atoms with E-state index >= 15 is 0 Å². The van der Waals surface area contributed by atoms with Crippen LogP contribution in [0.1, 0.15) is 17.7 Å². The van der Waals surface area contributed by atoms with Gasteiger partial charge in [0.1, 0.15) is 11.3 Å². The Kier molecular flexibility index (Phi) is 4.80. The number of furan rings is 1. The molecule has 0 fully saturated rings. The number of hydrogen-bond donors (Lipinski definition) is 0. The predicted molar refractivity (Wildman–Crippen MR) is 174 cm³/mol. The molecular formula is C40H26O. The summed E-state index contributed by atoms with van der Waals surface area (Å²) in [4.78, 5) is 0. The van der Waals surface area contributed by atoms with E-state index in [2.05, 4.69) is 133 Å². The zero-order valence-corrected chi connectivity index (χ0v) is 22.5. The Labute approximate surface area is 238 Å². The zero-order valence-electron chi connectivity index (χ0n) is 22.5. The smallest absolute Gasteiger partial charge is 0.135 e. The van der Waals surface area contributed by atoms with Crippen molar-refractivity contribution in [2.75, 3.05) is 0 Å². The average Bonchev–Trinajstić information content (AvgIpc) is 3.40. The van der Waals surface area contributed by atoms with Crippen molar-refractivity contribution in [2.45, 2.75) is 12.8 Å². The molecule has 1 heteroatoms. The molecule has 8 aromatic rings. The SMILES string of the molecule is C1=Cc2c(oc3cc4c(-c5ccccc5)c5ccccc5c(-c5cc6ccccc6c6ccccc56)c4cc23)CC1. The van der Waals surface area contributed by atoms with Gasteiger partial charge in [0, 0.05) is 17.4 Å². The summed E-state index contributed by atoms with van der Waals surface area (Å²) < 4.78 is 6.52. The molecule has 0 saturated carbocycles. The Morgan fingerprint density at radius 2 is 1.15 bits per heavy atom. The van der Waals surface area contributed by atoms with Gasteiger partial charge < -0.3 is 4.42 Å². The molecule has 0 unspecified atom stereocenters. The van der Waals surface area contributed by atoms with Gasteiger partial charge in [-0.05, 0) is 90.0 Å². The van der Waals surface area contributed by atoms with Crippen LogP contribution in [0.5, 0.6) is 0 Å². The van der Waals surface area contributed by atoms with Crippen LogP contribution >= 0.6 is 0 Å². The highest BCUT2D eigenvalue weighted by Crippen LogP contribution is 2.48. The van der Waals surface area contributed by atoms with Crippen LogP contribution in [0.15, 0.2) is 132 Å². The van der Waals surface area contributed by atoms with E-state index in [9.17, 15) is 0 Å². The Hall–Kier alpha value is -5.14. The number of rotatable bonds is 2. The molecular weight excluding hydrogens is 496 g/mol. The average molecular weight is 523 g/mol. The number of allylic oxidation sites excluding steroid dienone is 1. The minimum absolute atomic E-state index is 0.951. The topological polar surface area (TPSA) is 13.1 Å². The van der Waals surface area contributed by atoms with Crippen molar-refractivity contribution in [1.82, 2.24) is 0 Å².